The molecule has 1 unspecified atom stereocenters. The zero-order valence-electron chi connectivity index (χ0n) is 10.8. The molecule has 0 aliphatic rings. The molecule has 0 saturated heterocycles. The van der Waals surface area contributed by atoms with Crippen molar-refractivity contribution in [2.24, 2.45) is 5.92 Å². The summed E-state index contributed by atoms with van der Waals surface area (Å²) in [5.41, 5.74) is 0. The molecule has 0 aromatic carbocycles. The van der Waals surface area contributed by atoms with Gasteiger partial charge < -0.3 is 18.9 Å². The normalized spacial score (nSPS) is 11.6. The summed E-state index contributed by atoms with van der Waals surface area (Å²) >= 11 is 0. The van der Waals surface area contributed by atoms with Crippen LogP contribution in [0.3, 0.4) is 0 Å². The van der Waals surface area contributed by atoms with E-state index in [2.05, 4.69) is 14.7 Å². The van der Waals surface area contributed by atoms with Crippen molar-refractivity contribution < 1.29 is 23.7 Å². The van der Waals surface area contributed by atoms with E-state index in [-0.39, 0.29) is 18.6 Å². The number of esters is 1. The lowest BCUT2D eigenvalue weighted by Crippen LogP contribution is -2.20. The molecule has 1 heterocycles. The van der Waals surface area contributed by atoms with Crippen LogP contribution in [0.2, 0.25) is 0 Å². The van der Waals surface area contributed by atoms with Crippen molar-refractivity contribution in [1.82, 2.24) is 9.97 Å². The molecule has 1 aromatic heterocycles. The van der Waals surface area contributed by atoms with Crippen LogP contribution in [-0.4, -0.2) is 43.9 Å². The lowest BCUT2D eigenvalue weighted by Gasteiger charge is -2.11. The summed E-state index contributed by atoms with van der Waals surface area (Å²) in [5, 5.41) is 0. The van der Waals surface area contributed by atoms with Crippen molar-refractivity contribution in [3.05, 3.63) is 6.07 Å². The monoisotopic (exact) mass is 256 g/mol. The first-order valence-corrected chi connectivity index (χ1v) is 5.28. The van der Waals surface area contributed by atoms with Crippen LogP contribution >= 0.6 is 0 Å². The molecule has 0 radical (unpaired) electrons. The van der Waals surface area contributed by atoms with Crippen LogP contribution in [0.1, 0.15) is 6.92 Å². The quantitative estimate of drug-likeness (QED) is 0.692. The number of methoxy groups -OCH3 is 3. The van der Waals surface area contributed by atoms with Gasteiger partial charge in [0.15, 0.2) is 0 Å². The molecule has 0 bridgehead atoms. The minimum Gasteiger partial charge on any atom is -0.481 e. The van der Waals surface area contributed by atoms with Gasteiger partial charge in [0.2, 0.25) is 11.8 Å². The fraction of sp³-hybridized carbons (Fsp3) is 0.545. The summed E-state index contributed by atoms with van der Waals surface area (Å²) in [6, 6.07) is 1.61. The van der Waals surface area contributed by atoms with Crippen LogP contribution < -0.4 is 14.2 Å². The van der Waals surface area contributed by atoms with E-state index in [1.165, 1.54) is 27.4 Å². The number of carbonyl (C=O) groups is 1. The number of aromatic nitrogens is 2. The molecule has 7 nitrogen and oxygen atoms in total. The van der Waals surface area contributed by atoms with E-state index in [1.54, 1.807) is 6.92 Å². The fourth-order valence-electron chi connectivity index (χ4n) is 1.13. The highest BCUT2D eigenvalue weighted by Gasteiger charge is 2.15. The van der Waals surface area contributed by atoms with Crippen LogP contribution in [0.5, 0.6) is 17.8 Å². The van der Waals surface area contributed by atoms with Crippen molar-refractivity contribution >= 4 is 5.97 Å². The SMILES string of the molecule is COC(=O)C(C)COc1nc(OC)cc(OC)n1. The van der Waals surface area contributed by atoms with Gasteiger partial charge >= 0.3 is 12.0 Å². The first-order valence-electron chi connectivity index (χ1n) is 5.28. The van der Waals surface area contributed by atoms with Crippen molar-refractivity contribution in [2.75, 3.05) is 27.9 Å². The van der Waals surface area contributed by atoms with Gasteiger partial charge in [-0.2, -0.15) is 9.97 Å². The highest BCUT2D eigenvalue weighted by atomic mass is 16.5. The molecule has 7 heteroatoms. The predicted octanol–water partition coefficient (Wildman–Crippen LogP) is 0.682. The van der Waals surface area contributed by atoms with E-state index in [1.807, 2.05) is 0 Å². The number of ether oxygens (including phenoxy) is 4. The standard InChI is InChI=1S/C11H16N2O5/c1-7(10(14)17-4)6-18-11-12-8(15-2)5-9(13-11)16-3/h5,7H,6H2,1-4H3. The van der Waals surface area contributed by atoms with E-state index >= 15 is 0 Å². The van der Waals surface area contributed by atoms with Gasteiger partial charge in [0.25, 0.3) is 0 Å². The molecule has 0 aliphatic carbocycles. The second-order valence-corrected chi connectivity index (χ2v) is 3.47. The number of rotatable bonds is 6. The second kappa shape index (κ2) is 6.63. The van der Waals surface area contributed by atoms with Gasteiger partial charge in [0.05, 0.1) is 33.3 Å². The molecule has 18 heavy (non-hydrogen) atoms. The summed E-state index contributed by atoms with van der Waals surface area (Å²) in [7, 11) is 4.27. The van der Waals surface area contributed by atoms with Gasteiger partial charge in [-0.3, -0.25) is 4.79 Å². The Hall–Kier alpha value is -2.05. The van der Waals surface area contributed by atoms with Gasteiger partial charge in [-0.15, -0.1) is 0 Å². The second-order valence-electron chi connectivity index (χ2n) is 3.47. The number of hydrogen-bond acceptors (Lipinski definition) is 7. The number of hydrogen-bond donors (Lipinski definition) is 0. The largest absolute Gasteiger partial charge is 0.481 e. The van der Waals surface area contributed by atoms with Gasteiger partial charge in [-0.05, 0) is 6.92 Å². The Kier molecular flexibility index (Phi) is 5.16. The molecule has 1 rings (SSSR count). The van der Waals surface area contributed by atoms with E-state index in [0.29, 0.717) is 11.8 Å². The Bertz CT molecular complexity index is 388. The van der Waals surface area contributed by atoms with Crippen LogP contribution in [0.15, 0.2) is 6.07 Å². The molecular formula is C11H16N2O5. The van der Waals surface area contributed by atoms with Gasteiger partial charge in [-0.25, -0.2) is 0 Å². The zero-order chi connectivity index (χ0) is 13.5. The van der Waals surface area contributed by atoms with Crippen molar-refractivity contribution in [3.63, 3.8) is 0 Å². The molecule has 0 amide bonds. The maximum atomic E-state index is 11.2. The van der Waals surface area contributed by atoms with Crippen LogP contribution in [0.25, 0.3) is 0 Å². The Morgan fingerprint density at radius 3 is 2.22 bits per heavy atom. The molecule has 0 spiro atoms. The van der Waals surface area contributed by atoms with E-state index in [9.17, 15) is 4.79 Å². The lowest BCUT2D eigenvalue weighted by molar-refractivity contribution is -0.145. The molecule has 1 atom stereocenters. The van der Waals surface area contributed by atoms with E-state index in [4.69, 9.17) is 14.2 Å². The predicted molar refractivity (Wildman–Crippen MR) is 61.8 cm³/mol. The Morgan fingerprint density at radius 2 is 1.78 bits per heavy atom. The summed E-state index contributed by atoms with van der Waals surface area (Å²) < 4.78 is 19.8. The third-order valence-corrected chi connectivity index (χ3v) is 2.14. The topological polar surface area (TPSA) is 79.8 Å². The van der Waals surface area contributed by atoms with Gasteiger partial charge in [0, 0.05) is 0 Å². The average Bonchev–Trinajstić information content (AvgIpc) is 2.43. The van der Waals surface area contributed by atoms with E-state index < -0.39 is 5.92 Å². The highest BCUT2D eigenvalue weighted by molar-refractivity contribution is 5.71. The van der Waals surface area contributed by atoms with Crippen molar-refractivity contribution in [2.45, 2.75) is 6.92 Å². The maximum Gasteiger partial charge on any atom is 0.323 e. The molecule has 100 valence electrons. The van der Waals surface area contributed by atoms with Crippen LogP contribution in [0.4, 0.5) is 0 Å². The Labute approximate surface area is 105 Å². The fourth-order valence-corrected chi connectivity index (χ4v) is 1.13. The minimum absolute atomic E-state index is 0.0851. The molecule has 0 saturated carbocycles. The molecule has 0 aliphatic heterocycles. The number of nitrogens with zero attached hydrogens (tertiary/aromatic N) is 2. The minimum atomic E-state index is -0.407. The van der Waals surface area contributed by atoms with Crippen LogP contribution in [0, 0.1) is 5.92 Å². The first kappa shape index (κ1) is 14.0. The van der Waals surface area contributed by atoms with Crippen molar-refractivity contribution in [3.8, 4) is 17.8 Å². The first-order chi connectivity index (χ1) is 8.60. The molecular weight excluding hydrogens is 240 g/mol. The highest BCUT2D eigenvalue weighted by Crippen LogP contribution is 2.19. The summed E-state index contributed by atoms with van der Waals surface area (Å²) in [5.74, 6) is -0.120. The van der Waals surface area contributed by atoms with Crippen LogP contribution in [-0.2, 0) is 9.53 Å². The number of carbonyl (C=O) groups excluding carboxylic acids is 1. The molecule has 0 fully saturated rings. The smallest absolute Gasteiger partial charge is 0.323 e. The third kappa shape index (κ3) is 3.76. The molecule has 1 aromatic rings. The molecule has 0 N–H and O–H groups in total. The van der Waals surface area contributed by atoms with Gasteiger partial charge in [-0.1, -0.05) is 0 Å². The third-order valence-electron chi connectivity index (χ3n) is 2.14. The van der Waals surface area contributed by atoms with E-state index in [0.717, 1.165) is 0 Å². The summed E-state index contributed by atoms with van der Waals surface area (Å²) in [6.07, 6.45) is 0. The van der Waals surface area contributed by atoms with Crippen molar-refractivity contribution in [1.29, 1.82) is 0 Å². The van der Waals surface area contributed by atoms with Gasteiger partial charge in [0.1, 0.15) is 6.61 Å². The zero-order valence-corrected chi connectivity index (χ0v) is 10.8. The summed E-state index contributed by atoms with van der Waals surface area (Å²) in [4.78, 5) is 19.1. The Balaban J connectivity index is 2.69. The summed E-state index contributed by atoms with van der Waals surface area (Å²) in [6.45, 7) is 1.80. The maximum absolute atomic E-state index is 11.2. The Morgan fingerprint density at radius 1 is 1.22 bits per heavy atom. The lowest BCUT2D eigenvalue weighted by atomic mass is 10.2. The average molecular weight is 256 g/mol.